The van der Waals surface area contributed by atoms with Crippen LogP contribution in [0.5, 0.6) is 5.75 Å². The van der Waals surface area contributed by atoms with Crippen LogP contribution in [0.25, 0.3) is 11.3 Å². The van der Waals surface area contributed by atoms with Gasteiger partial charge in [-0.2, -0.15) is 5.10 Å². The van der Waals surface area contributed by atoms with Gasteiger partial charge in [-0.3, -0.25) is 5.10 Å². The van der Waals surface area contributed by atoms with Gasteiger partial charge in [0.15, 0.2) is 0 Å². The molecule has 82 valence electrons. The lowest BCUT2D eigenvalue weighted by atomic mass is 10.1. The Labute approximate surface area is 101 Å². The number of hydrogen-bond donors (Lipinski definition) is 1. The SMILES string of the molecule is COc1cccc(-c2ccn[nH]2)c1.Cl.Cl. The van der Waals surface area contributed by atoms with Gasteiger partial charge in [-0.25, -0.2) is 0 Å². The van der Waals surface area contributed by atoms with Crippen molar-refractivity contribution in [2.45, 2.75) is 0 Å². The third-order valence-corrected chi connectivity index (χ3v) is 1.88. The lowest BCUT2D eigenvalue weighted by Crippen LogP contribution is -1.83. The van der Waals surface area contributed by atoms with Crippen molar-refractivity contribution < 1.29 is 4.74 Å². The molecule has 1 aromatic heterocycles. The van der Waals surface area contributed by atoms with E-state index in [1.807, 2.05) is 30.3 Å². The predicted molar refractivity (Wildman–Crippen MR) is 65.1 cm³/mol. The molecule has 0 amide bonds. The molecular weight excluding hydrogens is 235 g/mol. The highest BCUT2D eigenvalue weighted by atomic mass is 35.5. The van der Waals surface area contributed by atoms with E-state index in [4.69, 9.17) is 4.74 Å². The lowest BCUT2D eigenvalue weighted by molar-refractivity contribution is 0.415. The molecule has 0 bridgehead atoms. The molecule has 15 heavy (non-hydrogen) atoms. The van der Waals surface area contributed by atoms with Crippen molar-refractivity contribution >= 4 is 24.8 Å². The Morgan fingerprint density at radius 3 is 2.60 bits per heavy atom. The summed E-state index contributed by atoms with van der Waals surface area (Å²) in [6.45, 7) is 0. The molecule has 0 saturated carbocycles. The Morgan fingerprint density at radius 2 is 2.00 bits per heavy atom. The quantitative estimate of drug-likeness (QED) is 0.885. The zero-order valence-corrected chi connectivity index (χ0v) is 9.77. The Morgan fingerprint density at radius 1 is 1.20 bits per heavy atom. The molecule has 0 aliphatic carbocycles. The van der Waals surface area contributed by atoms with E-state index in [1.54, 1.807) is 13.3 Å². The summed E-state index contributed by atoms with van der Waals surface area (Å²) in [7, 11) is 1.66. The molecule has 0 fully saturated rings. The first-order valence-electron chi connectivity index (χ1n) is 4.04. The minimum Gasteiger partial charge on any atom is -0.497 e. The van der Waals surface area contributed by atoms with Gasteiger partial charge >= 0.3 is 0 Å². The van der Waals surface area contributed by atoms with Crippen LogP contribution >= 0.6 is 24.8 Å². The molecular formula is C10H12Cl2N2O. The third-order valence-electron chi connectivity index (χ3n) is 1.88. The number of hydrogen-bond acceptors (Lipinski definition) is 2. The highest BCUT2D eigenvalue weighted by Crippen LogP contribution is 2.21. The second kappa shape index (κ2) is 6.32. The van der Waals surface area contributed by atoms with E-state index < -0.39 is 0 Å². The van der Waals surface area contributed by atoms with Crippen molar-refractivity contribution in [3.8, 4) is 17.0 Å². The molecule has 5 heteroatoms. The summed E-state index contributed by atoms with van der Waals surface area (Å²) in [5, 5.41) is 6.79. The maximum absolute atomic E-state index is 5.12. The van der Waals surface area contributed by atoms with Crippen LogP contribution in [0.15, 0.2) is 36.5 Å². The van der Waals surface area contributed by atoms with Crippen molar-refractivity contribution in [2.75, 3.05) is 7.11 Å². The normalized spacial score (nSPS) is 8.60. The first-order valence-corrected chi connectivity index (χ1v) is 4.04. The van der Waals surface area contributed by atoms with E-state index in [-0.39, 0.29) is 24.8 Å². The molecule has 1 aromatic carbocycles. The standard InChI is InChI=1S/C10H10N2O.2ClH/c1-13-9-4-2-3-8(7-9)10-5-6-11-12-10;;/h2-7H,1H3,(H,11,12);2*1H. The highest BCUT2D eigenvalue weighted by Gasteiger charge is 1.99. The van der Waals surface area contributed by atoms with Crippen LogP contribution in [0.2, 0.25) is 0 Å². The molecule has 2 rings (SSSR count). The van der Waals surface area contributed by atoms with Gasteiger partial charge in [-0.05, 0) is 18.2 Å². The zero-order chi connectivity index (χ0) is 9.10. The summed E-state index contributed by atoms with van der Waals surface area (Å²) in [6, 6.07) is 9.77. The molecule has 1 heterocycles. The first-order chi connectivity index (χ1) is 6.40. The molecule has 2 aromatic rings. The van der Waals surface area contributed by atoms with Crippen LogP contribution in [-0.2, 0) is 0 Å². The van der Waals surface area contributed by atoms with Crippen molar-refractivity contribution in [2.24, 2.45) is 0 Å². The molecule has 1 N–H and O–H groups in total. The minimum atomic E-state index is 0. The summed E-state index contributed by atoms with van der Waals surface area (Å²) in [6.07, 6.45) is 1.73. The number of nitrogens with zero attached hydrogens (tertiary/aromatic N) is 1. The molecule has 3 nitrogen and oxygen atoms in total. The number of aromatic amines is 1. The Balaban J connectivity index is 0.000000980. The van der Waals surface area contributed by atoms with E-state index in [0.717, 1.165) is 17.0 Å². The van der Waals surface area contributed by atoms with Gasteiger partial charge in [0.25, 0.3) is 0 Å². The molecule has 0 atom stereocenters. The topological polar surface area (TPSA) is 37.9 Å². The summed E-state index contributed by atoms with van der Waals surface area (Å²) >= 11 is 0. The number of rotatable bonds is 2. The molecule has 0 aliphatic heterocycles. The first kappa shape index (κ1) is 13.8. The van der Waals surface area contributed by atoms with Gasteiger partial charge in [0.2, 0.25) is 0 Å². The average molecular weight is 247 g/mol. The third kappa shape index (κ3) is 3.15. The van der Waals surface area contributed by atoms with Gasteiger partial charge in [-0.15, -0.1) is 24.8 Å². The largest absolute Gasteiger partial charge is 0.497 e. The number of ether oxygens (including phenoxy) is 1. The van der Waals surface area contributed by atoms with Gasteiger partial charge in [0.1, 0.15) is 5.75 Å². The van der Waals surface area contributed by atoms with Crippen molar-refractivity contribution in [1.82, 2.24) is 10.2 Å². The average Bonchev–Trinajstić information content (AvgIpc) is 2.71. The summed E-state index contributed by atoms with van der Waals surface area (Å²) in [4.78, 5) is 0. The van der Waals surface area contributed by atoms with E-state index in [2.05, 4.69) is 10.2 Å². The van der Waals surface area contributed by atoms with Crippen LogP contribution in [0.1, 0.15) is 0 Å². The molecule has 0 radical (unpaired) electrons. The fraction of sp³-hybridized carbons (Fsp3) is 0.100. The van der Waals surface area contributed by atoms with Gasteiger partial charge in [0.05, 0.1) is 12.8 Å². The number of methoxy groups -OCH3 is 1. The monoisotopic (exact) mass is 246 g/mol. The van der Waals surface area contributed by atoms with Crippen LogP contribution < -0.4 is 4.74 Å². The van der Waals surface area contributed by atoms with Gasteiger partial charge in [0, 0.05) is 11.8 Å². The molecule has 0 unspecified atom stereocenters. The van der Waals surface area contributed by atoms with Crippen LogP contribution in [-0.4, -0.2) is 17.3 Å². The molecule has 0 saturated heterocycles. The number of nitrogens with one attached hydrogen (secondary N) is 1. The number of benzene rings is 1. The maximum Gasteiger partial charge on any atom is 0.119 e. The van der Waals surface area contributed by atoms with Crippen molar-refractivity contribution in [3.63, 3.8) is 0 Å². The smallest absolute Gasteiger partial charge is 0.119 e. The van der Waals surface area contributed by atoms with Crippen molar-refractivity contribution in [3.05, 3.63) is 36.5 Å². The maximum atomic E-state index is 5.12. The summed E-state index contributed by atoms with van der Waals surface area (Å²) < 4.78 is 5.12. The van der Waals surface area contributed by atoms with E-state index in [1.165, 1.54) is 0 Å². The number of H-pyrrole nitrogens is 1. The van der Waals surface area contributed by atoms with E-state index in [9.17, 15) is 0 Å². The van der Waals surface area contributed by atoms with Crippen LogP contribution in [0.4, 0.5) is 0 Å². The second-order valence-corrected chi connectivity index (χ2v) is 2.70. The molecule has 0 spiro atoms. The fourth-order valence-electron chi connectivity index (χ4n) is 1.21. The van der Waals surface area contributed by atoms with Gasteiger partial charge < -0.3 is 4.74 Å². The Kier molecular flexibility index (Phi) is 5.82. The summed E-state index contributed by atoms with van der Waals surface area (Å²) in [5.74, 6) is 0.854. The highest BCUT2D eigenvalue weighted by molar-refractivity contribution is 5.85. The fourth-order valence-corrected chi connectivity index (χ4v) is 1.21. The zero-order valence-electron chi connectivity index (χ0n) is 8.14. The minimum absolute atomic E-state index is 0. The van der Waals surface area contributed by atoms with Crippen LogP contribution in [0, 0.1) is 0 Å². The molecule has 0 aliphatic rings. The Hall–Kier alpha value is -1.19. The van der Waals surface area contributed by atoms with E-state index >= 15 is 0 Å². The second-order valence-electron chi connectivity index (χ2n) is 2.70. The van der Waals surface area contributed by atoms with Crippen molar-refractivity contribution in [1.29, 1.82) is 0 Å². The summed E-state index contributed by atoms with van der Waals surface area (Å²) in [5.41, 5.74) is 2.08. The predicted octanol–water partition coefficient (Wildman–Crippen LogP) is 2.93. The number of aromatic nitrogens is 2. The van der Waals surface area contributed by atoms with Crippen LogP contribution in [0.3, 0.4) is 0 Å². The Bertz CT molecular complexity index is 390. The lowest BCUT2D eigenvalue weighted by Gasteiger charge is -2.01. The van der Waals surface area contributed by atoms with E-state index in [0.29, 0.717) is 0 Å². The van der Waals surface area contributed by atoms with Gasteiger partial charge in [-0.1, -0.05) is 12.1 Å². The number of halogens is 2.